The minimum atomic E-state index is -0.499. The molecule has 0 aliphatic heterocycles. The van der Waals surface area contributed by atoms with Crippen LogP contribution in [-0.4, -0.2) is 19.5 Å². The van der Waals surface area contributed by atoms with E-state index in [1.165, 1.54) is 7.05 Å². The van der Waals surface area contributed by atoms with E-state index in [9.17, 15) is 9.59 Å². The third-order valence-corrected chi connectivity index (χ3v) is 1.52. The van der Waals surface area contributed by atoms with Crippen LogP contribution in [0.1, 0.15) is 0 Å². The van der Waals surface area contributed by atoms with Gasteiger partial charge in [-0.25, -0.2) is 9.69 Å². The molecule has 1 radical (unpaired) electrons. The molecule has 0 saturated heterocycles. The van der Waals surface area contributed by atoms with Crippen molar-refractivity contribution in [2.45, 2.75) is 0 Å². The van der Waals surface area contributed by atoms with Crippen LogP contribution in [0, 0.1) is 0 Å². The van der Waals surface area contributed by atoms with Gasteiger partial charge in [-0.15, -0.1) is 0 Å². The highest BCUT2D eigenvalue weighted by Gasteiger charge is 2.12. The number of benzene rings is 1. The minimum Gasteiger partial charge on any atom is -0.340 e. The van der Waals surface area contributed by atoms with Gasteiger partial charge in [-0.2, -0.15) is 0 Å². The molecule has 0 aliphatic carbocycles. The van der Waals surface area contributed by atoms with Crippen LogP contribution in [0.2, 0.25) is 0 Å². The summed E-state index contributed by atoms with van der Waals surface area (Å²) in [6.45, 7) is 0. The molecule has 0 atom stereocenters. The Kier molecular flexibility index (Phi) is 3.03. The molecule has 0 unspecified atom stereocenters. The average molecular weight is 177 g/mol. The Morgan fingerprint density at radius 1 is 1.38 bits per heavy atom. The third kappa shape index (κ3) is 2.05. The molecule has 0 heterocycles. The topological polar surface area (TPSA) is 49.4 Å². The lowest BCUT2D eigenvalue weighted by Crippen LogP contribution is -2.36. The summed E-state index contributed by atoms with van der Waals surface area (Å²) in [5.74, 6) is 0. The molecule has 13 heavy (non-hydrogen) atoms. The maximum absolute atomic E-state index is 11.1. The van der Waals surface area contributed by atoms with E-state index >= 15 is 0 Å². The van der Waals surface area contributed by atoms with Crippen LogP contribution in [0.15, 0.2) is 30.3 Å². The number of nitrogens with one attached hydrogen (secondary N) is 1. The standard InChI is InChI=1S/C9H9N2O2/c1-10-9(13)11(7-12)8-5-3-2-4-6-8/h2-6H,1H3,(H,10,13). The lowest BCUT2D eigenvalue weighted by Gasteiger charge is -2.12. The zero-order valence-electron chi connectivity index (χ0n) is 7.15. The summed E-state index contributed by atoms with van der Waals surface area (Å²) in [6, 6.07) is 8.09. The van der Waals surface area contributed by atoms with E-state index < -0.39 is 6.03 Å². The monoisotopic (exact) mass is 177 g/mol. The predicted octanol–water partition coefficient (Wildman–Crippen LogP) is 0.900. The van der Waals surface area contributed by atoms with Crippen molar-refractivity contribution < 1.29 is 9.59 Å². The van der Waals surface area contributed by atoms with Crippen molar-refractivity contribution in [3.8, 4) is 0 Å². The van der Waals surface area contributed by atoms with Crippen molar-refractivity contribution in [3.63, 3.8) is 0 Å². The fraction of sp³-hybridized carbons (Fsp3) is 0.111. The summed E-state index contributed by atoms with van der Waals surface area (Å²) in [4.78, 5) is 22.4. The predicted molar refractivity (Wildman–Crippen MR) is 49.1 cm³/mol. The highest BCUT2D eigenvalue weighted by Crippen LogP contribution is 2.10. The normalized spacial score (nSPS) is 9.00. The largest absolute Gasteiger partial charge is 0.340 e. The van der Waals surface area contributed by atoms with Crippen LogP contribution >= 0.6 is 0 Å². The van der Waals surface area contributed by atoms with Gasteiger partial charge in [0, 0.05) is 7.05 Å². The first-order valence-corrected chi connectivity index (χ1v) is 3.74. The average Bonchev–Trinajstić information content (AvgIpc) is 2.20. The molecule has 1 N–H and O–H groups in total. The van der Waals surface area contributed by atoms with Crippen LogP contribution in [0.3, 0.4) is 0 Å². The summed E-state index contributed by atoms with van der Waals surface area (Å²) >= 11 is 0. The number of carbonyl (C=O) groups is 1. The lowest BCUT2D eigenvalue weighted by atomic mass is 10.3. The quantitative estimate of drug-likeness (QED) is 0.682. The molecule has 1 aromatic rings. The van der Waals surface area contributed by atoms with Gasteiger partial charge < -0.3 is 5.32 Å². The van der Waals surface area contributed by atoms with Gasteiger partial charge in [0.05, 0.1) is 5.69 Å². The molecular formula is C9H9N2O2. The molecule has 1 aromatic carbocycles. The van der Waals surface area contributed by atoms with Gasteiger partial charge in [-0.1, -0.05) is 18.2 Å². The van der Waals surface area contributed by atoms with Gasteiger partial charge in [0.1, 0.15) is 0 Å². The molecule has 0 spiro atoms. The second-order valence-electron chi connectivity index (χ2n) is 2.32. The molecule has 0 saturated carbocycles. The first-order chi connectivity index (χ1) is 6.29. The summed E-state index contributed by atoms with van der Waals surface area (Å²) in [7, 11) is 1.45. The number of hydrogen-bond donors (Lipinski definition) is 1. The highest BCUT2D eigenvalue weighted by atomic mass is 16.2. The number of imide groups is 1. The van der Waals surface area contributed by atoms with Gasteiger partial charge >= 0.3 is 12.4 Å². The zero-order chi connectivity index (χ0) is 9.68. The second kappa shape index (κ2) is 4.25. The Morgan fingerprint density at radius 3 is 2.46 bits per heavy atom. The zero-order valence-corrected chi connectivity index (χ0v) is 7.15. The van der Waals surface area contributed by atoms with Crippen molar-refractivity contribution in [2.75, 3.05) is 11.9 Å². The second-order valence-corrected chi connectivity index (χ2v) is 2.32. The first-order valence-electron chi connectivity index (χ1n) is 3.74. The number of nitrogens with zero attached hydrogens (tertiary/aromatic N) is 1. The molecule has 4 nitrogen and oxygen atoms in total. The number of para-hydroxylation sites is 1. The number of anilines is 1. The molecule has 0 fully saturated rings. The summed E-state index contributed by atoms with van der Waals surface area (Å²) < 4.78 is 0. The van der Waals surface area contributed by atoms with Gasteiger partial charge in [0.2, 0.25) is 0 Å². The molecule has 67 valence electrons. The number of urea groups is 1. The van der Waals surface area contributed by atoms with E-state index in [-0.39, 0.29) is 0 Å². The van der Waals surface area contributed by atoms with E-state index in [4.69, 9.17) is 0 Å². The smallest absolute Gasteiger partial charge is 0.328 e. The maximum atomic E-state index is 11.1. The summed E-state index contributed by atoms with van der Waals surface area (Å²) in [5.41, 5.74) is 0.497. The Bertz CT molecular complexity index is 298. The third-order valence-electron chi connectivity index (χ3n) is 1.52. The van der Waals surface area contributed by atoms with E-state index in [0.29, 0.717) is 5.69 Å². The Hall–Kier alpha value is -1.84. The van der Waals surface area contributed by atoms with Gasteiger partial charge in [-0.05, 0) is 12.1 Å². The van der Waals surface area contributed by atoms with E-state index in [2.05, 4.69) is 5.32 Å². The van der Waals surface area contributed by atoms with E-state index in [1.807, 2.05) is 0 Å². The SMILES string of the molecule is CNC(=O)N([C]=O)c1ccccc1. The van der Waals surface area contributed by atoms with Gasteiger partial charge in [0.15, 0.2) is 0 Å². The van der Waals surface area contributed by atoms with Gasteiger partial charge in [0.25, 0.3) is 0 Å². The fourth-order valence-electron chi connectivity index (χ4n) is 0.900. The molecule has 0 aliphatic rings. The van der Waals surface area contributed by atoms with Crippen LogP contribution in [0.25, 0.3) is 0 Å². The summed E-state index contributed by atoms with van der Waals surface area (Å²) in [6.07, 6.45) is 1.54. The number of rotatable bonds is 2. The van der Waals surface area contributed by atoms with E-state index in [1.54, 1.807) is 36.7 Å². The van der Waals surface area contributed by atoms with Crippen molar-refractivity contribution in [1.82, 2.24) is 5.32 Å². The van der Waals surface area contributed by atoms with Crippen LogP contribution in [-0.2, 0) is 4.79 Å². The molecule has 1 rings (SSSR count). The first kappa shape index (κ1) is 9.25. The van der Waals surface area contributed by atoms with Crippen molar-refractivity contribution in [2.24, 2.45) is 0 Å². The minimum absolute atomic E-state index is 0.497. The highest BCUT2D eigenvalue weighted by molar-refractivity contribution is 6.05. The molecular weight excluding hydrogens is 168 g/mol. The maximum Gasteiger partial charge on any atom is 0.328 e. The van der Waals surface area contributed by atoms with Crippen molar-refractivity contribution in [1.29, 1.82) is 0 Å². The Labute approximate surface area is 76.2 Å². The van der Waals surface area contributed by atoms with Crippen LogP contribution in [0.5, 0.6) is 0 Å². The molecule has 0 aromatic heterocycles. The number of hydrogen-bond acceptors (Lipinski definition) is 2. The van der Waals surface area contributed by atoms with Crippen molar-refractivity contribution in [3.05, 3.63) is 30.3 Å². The Balaban J connectivity index is 2.91. The molecule has 4 heteroatoms. The lowest BCUT2D eigenvalue weighted by molar-refractivity contribution is 0.250. The van der Waals surface area contributed by atoms with E-state index in [0.717, 1.165) is 4.90 Å². The van der Waals surface area contributed by atoms with Crippen LogP contribution < -0.4 is 10.2 Å². The molecule has 0 bridgehead atoms. The van der Waals surface area contributed by atoms with Gasteiger partial charge in [-0.3, -0.25) is 4.79 Å². The number of carbonyl (C=O) groups excluding carboxylic acids is 2. The summed E-state index contributed by atoms with van der Waals surface area (Å²) in [5, 5.41) is 2.34. The number of amides is 3. The molecule has 3 amide bonds. The van der Waals surface area contributed by atoms with Crippen LogP contribution in [0.4, 0.5) is 10.5 Å². The Morgan fingerprint density at radius 2 is 2.00 bits per heavy atom. The fourth-order valence-corrected chi connectivity index (χ4v) is 0.900. The van der Waals surface area contributed by atoms with Crippen molar-refractivity contribution >= 4 is 18.1 Å².